The monoisotopic (exact) mass is 354 g/mol. The molecule has 5 heteroatoms. The average molecular weight is 354 g/mol. The zero-order chi connectivity index (χ0) is 17.9. The van der Waals surface area contributed by atoms with Gasteiger partial charge in [0.25, 0.3) is 0 Å². The summed E-state index contributed by atoms with van der Waals surface area (Å²) in [4.78, 5) is 30.2. The molecule has 1 aromatic carbocycles. The third-order valence-electron chi connectivity index (χ3n) is 7.05. The van der Waals surface area contributed by atoms with Crippen molar-refractivity contribution in [3.8, 4) is 5.75 Å². The highest BCUT2D eigenvalue weighted by atomic mass is 16.5. The second-order valence-electron chi connectivity index (χ2n) is 8.28. The van der Waals surface area contributed by atoms with Crippen molar-refractivity contribution in [2.24, 2.45) is 17.8 Å². The first-order valence-electron chi connectivity index (χ1n) is 9.95. The van der Waals surface area contributed by atoms with Gasteiger partial charge in [-0.15, -0.1) is 0 Å². The lowest BCUT2D eigenvalue weighted by Gasteiger charge is -2.38. The largest absolute Gasteiger partial charge is 0.486 e. The van der Waals surface area contributed by atoms with Crippen LogP contribution in [0.3, 0.4) is 0 Å². The Morgan fingerprint density at radius 2 is 2.00 bits per heavy atom. The van der Waals surface area contributed by atoms with E-state index in [0.717, 1.165) is 45.6 Å². The molecule has 26 heavy (non-hydrogen) atoms. The number of piperazine rings is 1. The number of Topliss-reactive ketones (excluding diaryl/α,β-unsaturated/α-hetero) is 1. The van der Waals surface area contributed by atoms with Gasteiger partial charge in [0.05, 0.1) is 12.0 Å². The summed E-state index contributed by atoms with van der Waals surface area (Å²) in [6.45, 7) is 6.82. The lowest BCUT2D eigenvalue weighted by molar-refractivity contribution is -0.136. The smallest absolute Gasteiger partial charge is 0.226 e. The van der Waals surface area contributed by atoms with E-state index in [9.17, 15) is 9.59 Å². The molecule has 1 aromatic rings. The van der Waals surface area contributed by atoms with Crippen LogP contribution in [0, 0.1) is 17.8 Å². The van der Waals surface area contributed by atoms with Crippen LogP contribution in [0.2, 0.25) is 0 Å². The molecule has 0 N–H and O–H groups in total. The topological polar surface area (TPSA) is 49.9 Å². The third kappa shape index (κ3) is 2.33. The summed E-state index contributed by atoms with van der Waals surface area (Å²) in [5.74, 6) is 1.86. The van der Waals surface area contributed by atoms with Crippen molar-refractivity contribution in [3.05, 3.63) is 29.8 Å². The Kier molecular flexibility index (Phi) is 3.64. The predicted molar refractivity (Wildman–Crippen MR) is 97.1 cm³/mol. The number of carbonyl (C=O) groups is 2. The van der Waals surface area contributed by atoms with Gasteiger partial charge in [-0.2, -0.15) is 0 Å². The van der Waals surface area contributed by atoms with Crippen molar-refractivity contribution >= 4 is 11.7 Å². The van der Waals surface area contributed by atoms with Crippen LogP contribution in [0.15, 0.2) is 24.3 Å². The number of rotatable bonds is 2. The first kappa shape index (κ1) is 16.3. The number of ether oxygens (including phenoxy) is 1. The number of amides is 1. The average Bonchev–Trinajstić information content (AvgIpc) is 3.32. The van der Waals surface area contributed by atoms with Crippen LogP contribution in [0.25, 0.3) is 0 Å². The number of likely N-dealkylation sites (N-methyl/N-ethyl adjacent to an activating group) is 1. The van der Waals surface area contributed by atoms with Gasteiger partial charge in [0, 0.05) is 38.0 Å². The zero-order valence-electron chi connectivity index (χ0n) is 15.3. The van der Waals surface area contributed by atoms with Crippen molar-refractivity contribution in [1.82, 2.24) is 9.80 Å². The minimum atomic E-state index is -0.443. The minimum absolute atomic E-state index is 0.0648. The molecule has 5 rings (SSSR count). The number of hydrogen-bond acceptors (Lipinski definition) is 4. The summed E-state index contributed by atoms with van der Waals surface area (Å²) < 4.78 is 6.41. The summed E-state index contributed by atoms with van der Waals surface area (Å²) in [5.41, 5.74) is 0.252. The van der Waals surface area contributed by atoms with E-state index in [4.69, 9.17) is 4.74 Å². The van der Waals surface area contributed by atoms with Gasteiger partial charge in [-0.1, -0.05) is 19.1 Å². The lowest BCUT2D eigenvalue weighted by atomic mass is 9.84. The second kappa shape index (κ2) is 5.81. The van der Waals surface area contributed by atoms with Crippen LogP contribution in [-0.4, -0.2) is 59.8 Å². The summed E-state index contributed by atoms with van der Waals surface area (Å²) >= 11 is 0. The van der Waals surface area contributed by atoms with Gasteiger partial charge in [0.15, 0.2) is 5.78 Å². The van der Waals surface area contributed by atoms with Gasteiger partial charge >= 0.3 is 0 Å². The molecular weight excluding hydrogens is 328 g/mol. The fraction of sp³-hybridized carbons (Fsp3) is 0.619. The Morgan fingerprint density at radius 1 is 1.23 bits per heavy atom. The van der Waals surface area contributed by atoms with E-state index in [1.54, 1.807) is 0 Å². The molecule has 1 spiro atoms. The lowest BCUT2D eigenvalue weighted by Crippen LogP contribution is -2.50. The van der Waals surface area contributed by atoms with Crippen molar-refractivity contribution in [3.63, 3.8) is 0 Å². The van der Waals surface area contributed by atoms with E-state index in [1.165, 1.54) is 0 Å². The molecule has 0 bridgehead atoms. The first-order chi connectivity index (χ1) is 12.6. The van der Waals surface area contributed by atoms with Crippen LogP contribution >= 0.6 is 0 Å². The fourth-order valence-corrected chi connectivity index (χ4v) is 5.59. The molecule has 4 aliphatic rings. The van der Waals surface area contributed by atoms with E-state index >= 15 is 0 Å². The van der Waals surface area contributed by atoms with E-state index in [-0.39, 0.29) is 17.6 Å². The second-order valence-corrected chi connectivity index (χ2v) is 8.28. The molecule has 0 aromatic heterocycles. The van der Waals surface area contributed by atoms with Gasteiger partial charge in [-0.3, -0.25) is 9.59 Å². The molecule has 0 radical (unpaired) electrons. The van der Waals surface area contributed by atoms with Crippen LogP contribution in [-0.2, 0) is 4.79 Å². The molecule has 138 valence electrons. The van der Waals surface area contributed by atoms with Crippen molar-refractivity contribution in [2.75, 3.05) is 32.7 Å². The summed E-state index contributed by atoms with van der Waals surface area (Å²) in [5, 5.41) is 0. The van der Waals surface area contributed by atoms with E-state index in [1.807, 2.05) is 29.2 Å². The molecule has 3 fully saturated rings. The quantitative estimate of drug-likeness (QED) is 0.817. The van der Waals surface area contributed by atoms with Crippen LogP contribution in [0.5, 0.6) is 5.75 Å². The Balaban J connectivity index is 1.33. The molecule has 1 amide bonds. The van der Waals surface area contributed by atoms with Crippen LogP contribution in [0.1, 0.15) is 36.5 Å². The van der Waals surface area contributed by atoms with Crippen molar-refractivity contribution in [1.29, 1.82) is 0 Å². The molecular formula is C21H26N2O3. The van der Waals surface area contributed by atoms with Crippen LogP contribution in [0.4, 0.5) is 0 Å². The molecule has 0 unspecified atom stereocenters. The third-order valence-corrected chi connectivity index (χ3v) is 7.05. The Hall–Kier alpha value is -1.88. The SMILES string of the molecule is CCN1CCN(C(=O)[C@@H]2[C@@H]3CC[C@]4(CC(=O)c5ccccc5O4)[C@H]32)CC1. The molecule has 4 atom stereocenters. The van der Waals surface area contributed by atoms with Crippen molar-refractivity contribution < 1.29 is 14.3 Å². The number of fused-ring (bicyclic) bond motifs is 3. The molecule has 5 nitrogen and oxygen atoms in total. The number of ketones is 1. The van der Waals surface area contributed by atoms with E-state index < -0.39 is 5.60 Å². The van der Waals surface area contributed by atoms with E-state index in [2.05, 4.69) is 11.8 Å². The highest BCUT2D eigenvalue weighted by molar-refractivity contribution is 6.00. The Morgan fingerprint density at radius 3 is 2.77 bits per heavy atom. The number of para-hydroxylation sites is 1. The number of nitrogens with zero attached hydrogens (tertiary/aromatic N) is 2. The summed E-state index contributed by atoms with van der Waals surface area (Å²) in [6.07, 6.45) is 2.33. The number of carbonyl (C=O) groups excluding carboxylic acids is 2. The Bertz CT molecular complexity index is 755. The first-order valence-corrected chi connectivity index (χ1v) is 9.95. The molecule has 2 heterocycles. The van der Waals surface area contributed by atoms with Gasteiger partial charge in [0.2, 0.25) is 5.91 Å². The number of hydrogen-bond donors (Lipinski definition) is 0. The highest BCUT2D eigenvalue weighted by Gasteiger charge is 2.71. The van der Waals surface area contributed by atoms with Gasteiger partial charge in [-0.05, 0) is 37.4 Å². The van der Waals surface area contributed by atoms with E-state index in [0.29, 0.717) is 29.6 Å². The molecule has 1 saturated heterocycles. The molecule has 2 aliphatic heterocycles. The zero-order valence-corrected chi connectivity index (χ0v) is 15.3. The molecule has 2 aliphatic carbocycles. The Labute approximate surface area is 154 Å². The standard InChI is InChI=1S/C21H26N2O3/c1-2-22-9-11-23(12-10-22)20(25)18-15-7-8-21(19(15)18)13-16(24)14-5-3-4-6-17(14)26-21/h3-6,15,18-19H,2,7-13H2,1H3/t15-,18+,19+,21-/m0/s1. The minimum Gasteiger partial charge on any atom is -0.486 e. The highest BCUT2D eigenvalue weighted by Crippen LogP contribution is 2.66. The normalized spacial score (nSPS) is 35.8. The maximum Gasteiger partial charge on any atom is 0.226 e. The number of benzene rings is 1. The van der Waals surface area contributed by atoms with Gasteiger partial charge in [-0.25, -0.2) is 0 Å². The maximum absolute atomic E-state index is 13.1. The maximum atomic E-state index is 13.1. The summed E-state index contributed by atoms with van der Waals surface area (Å²) in [7, 11) is 0. The van der Waals surface area contributed by atoms with Gasteiger partial charge in [0.1, 0.15) is 11.4 Å². The fourth-order valence-electron chi connectivity index (χ4n) is 5.59. The van der Waals surface area contributed by atoms with Gasteiger partial charge < -0.3 is 14.5 Å². The predicted octanol–water partition coefficient (Wildman–Crippen LogP) is 2.21. The summed E-state index contributed by atoms with van der Waals surface area (Å²) in [6, 6.07) is 7.54. The molecule has 2 saturated carbocycles. The van der Waals surface area contributed by atoms with Crippen molar-refractivity contribution in [2.45, 2.75) is 31.8 Å². The van der Waals surface area contributed by atoms with Crippen LogP contribution < -0.4 is 4.74 Å².